The molecule has 0 spiro atoms. The summed E-state index contributed by atoms with van der Waals surface area (Å²) in [5.41, 5.74) is 1.28. The van der Waals surface area contributed by atoms with Crippen LogP contribution in [0.25, 0.3) is 0 Å². The maximum atomic E-state index is 12.5. The van der Waals surface area contributed by atoms with Gasteiger partial charge >= 0.3 is 5.97 Å². The molecule has 0 bridgehead atoms. The van der Waals surface area contributed by atoms with Gasteiger partial charge in [-0.2, -0.15) is 0 Å². The lowest BCUT2D eigenvalue weighted by atomic mass is 10.0. The van der Waals surface area contributed by atoms with Crippen LogP contribution in [0.3, 0.4) is 0 Å². The van der Waals surface area contributed by atoms with Gasteiger partial charge in [-0.05, 0) is 37.2 Å². The Balaban J connectivity index is 1.68. The average Bonchev–Trinajstić information content (AvgIpc) is 3.47. The smallest absolute Gasteiger partial charge is 0.309 e. The van der Waals surface area contributed by atoms with E-state index in [2.05, 4.69) is 38.1 Å². The molecule has 1 aliphatic rings. The van der Waals surface area contributed by atoms with Crippen molar-refractivity contribution < 1.29 is 9.53 Å². The normalized spacial score (nSPS) is 19.9. The first-order valence-corrected chi connectivity index (χ1v) is 11.0. The molecule has 0 aromatic heterocycles. The molecule has 3 atom stereocenters. The summed E-state index contributed by atoms with van der Waals surface area (Å²) in [5, 5.41) is 0. The van der Waals surface area contributed by atoms with Crippen LogP contribution in [0.15, 0.2) is 30.3 Å². The zero-order valence-corrected chi connectivity index (χ0v) is 16.9. The fourth-order valence-electron chi connectivity index (χ4n) is 3.80. The Bertz CT molecular complexity index is 496. The molecule has 26 heavy (non-hydrogen) atoms. The molecule has 1 aromatic carbocycles. The van der Waals surface area contributed by atoms with Crippen molar-refractivity contribution in [2.45, 2.75) is 103 Å². The van der Waals surface area contributed by atoms with Crippen LogP contribution in [0, 0.1) is 5.92 Å². The van der Waals surface area contributed by atoms with Crippen LogP contribution >= 0.6 is 0 Å². The molecule has 3 unspecified atom stereocenters. The van der Waals surface area contributed by atoms with E-state index in [9.17, 15) is 4.79 Å². The van der Waals surface area contributed by atoms with Gasteiger partial charge in [-0.25, -0.2) is 0 Å². The van der Waals surface area contributed by atoms with Crippen molar-refractivity contribution in [3.8, 4) is 0 Å². The molecule has 1 fully saturated rings. The highest BCUT2D eigenvalue weighted by Gasteiger charge is 2.45. The third kappa shape index (κ3) is 7.51. The highest BCUT2D eigenvalue weighted by atomic mass is 16.5. The van der Waals surface area contributed by atoms with Crippen LogP contribution in [-0.2, 0) is 9.53 Å². The predicted octanol–water partition coefficient (Wildman–Crippen LogP) is 7.03. The molecular weight excluding hydrogens is 320 g/mol. The maximum Gasteiger partial charge on any atom is 0.309 e. The standard InChI is InChI=1S/C24H38O2/c1-3-5-7-8-9-10-14-18-21(17-6-4-2)26-24(25)23-19-22(23)20-15-12-11-13-16-20/h11-13,15-16,21-23H,3-10,14,17-19H2,1-2H3. The molecule has 2 nitrogen and oxygen atoms in total. The zero-order chi connectivity index (χ0) is 18.6. The summed E-state index contributed by atoms with van der Waals surface area (Å²) >= 11 is 0. The summed E-state index contributed by atoms with van der Waals surface area (Å²) in [6.45, 7) is 4.47. The number of benzene rings is 1. The van der Waals surface area contributed by atoms with Crippen LogP contribution in [0.1, 0.15) is 102 Å². The fraction of sp³-hybridized carbons (Fsp3) is 0.708. The minimum atomic E-state index is 0.0444. The SMILES string of the molecule is CCCCCCCCCC(CCCC)OC(=O)C1CC1c1ccccc1. The predicted molar refractivity (Wildman–Crippen MR) is 109 cm³/mol. The number of unbranched alkanes of at least 4 members (excludes halogenated alkanes) is 7. The van der Waals surface area contributed by atoms with Crippen LogP contribution in [0.4, 0.5) is 0 Å². The molecule has 0 saturated heterocycles. The van der Waals surface area contributed by atoms with Gasteiger partial charge in [-0.3, -0.25) is 4.79 Å². The van der Waals surface area contributed by atoms with Crippen molar-refractivity contribution in [2.75, 3.05) is 0 Å². The van der Waals surface area contributed by atoms with E-state index in [1.807, 2.05) is 6.07 Å². The van der Waals surface area contributed by atoms with E-state index >= 15 is 0 Å². The number of rotatable bonds is 14. The van der Waals surface area contributed by atoms with Crippen molar-refractivity contribution in [3.63, 3.8) is 0 Å². The first kappa shape index (κ1) is 21.0. The summed E-state index contributed by atoms with van der Waals surface area (Å²) in [6, 6.07) is 10.4. The van der Waals surface area contributed by atoms with Gasteiger partial charge < -0.3 is 4.74 Å². The second-order valence-corrected chi connectivity index (χ2v) is 7.97. The van der Waals surface area contributed by atoms with Gasteiger partial charge in [0.2, 0.25) is 0 Å². The number of carbonyl (C=O) groups excluding carboxylic acids is 1. The quantitative estimate of drug-likeness (QED) is 0.263. The van der Waals surface area contributed by atoms with E-state index in [4.69, 9.17) is 4.74 Å². The molecule has 0 radical (unpaired) electrons. The molecule has 0 heterocycles. The maximum absolute atomic E-state index is 12.5. The molecule has 1 saturated carbocycles. The van der Waals surface area contributed by atoms with Crippen molar-refractivity contribution in [1.82, 2.24) is 0 Å². The molecule has 1 aromatic rings. The lowest BCUT2D eigenvalue weighted by Gasteiger charge is -2.18. The minimum absolute atomic E-state index is 0.0444. The Hall–Kier alpha value is -1.31. The zero-order valence-electron chi connectivity index (χ0n) is 16.9. The van der Waals surface area contributed by atoms with E-state index in [1.54, 1.807) is 0 Å². The Morgan fingerprint density at radius 1 is 0.923 bits per heavy atom. The summed E-state index contributed by atoms with van der Waals surface area (Å²) < 4.78 is 5.93. The van der Waals surface area contributed by atoms with Gasteiger partial charge in [0, 0.05) is 0 Å². The van der Waals surface area contributed by atoms with Crippen LogP contribution < -0.4 is 0 Å². The number of esters is 1. The van der Waals surface area contributed by atoms with Gasteiger partial charge in [-0.1, -0.05) is 95.5 Å². The Morgan fingerprint density at radius 3 is 2.23 bits per heavy atom. The topological polar surface area (TPSA) is 26.3 Å². The summed E-state index contributed by atoms with van der Waals surface area (Å²) in [7, 11) is 0. The number of hydrogen-bond donors (Lipinski definition) is 0. The molecule has 1 aliphatic carbocycles. The summed E-state index contributed by atoms with van der Waals surface area (Å²) in [4.78, 5) is 12.5. The number of ether oxygens (including phenoxy) is 1. The summed E-state index contributed by atoms with van der Waals surface area (Å²) in [5.74, 6) is 0.521. The first-order chi connectivity index (χ1) is 12.8. The summed E-state index contributed by atoms with van der Waals surface area (Å²) in [6.07, 6.45) is 14.7. The fourth-order valence-corrected chi connectivity index (χ4v) is 3.80. The lowest BCUT2D eigenvalue weighted by Crippen LogP contribution is -2.20. The second kappa shape index (κ2) is 12.1. The average molecular weight is 359 g/mol. The number of carbonyl (C=O) groups is 1. The molecule has 2 heteroatoms. The van der Waals surface area contributed by atoms with Crippen molar-refractivity contribution >= 4 is 5.97 Å². The molecule has 0 aliphatic heterocycles. The molecule has 0 N–H and O–H groups in total. The van der Waals surface area contributed by atoms with E-state index in [-0.39, 0.29) is 18.0 Å². The third-order valence-corrected chi connectivity index (χ3v) is 5.61. The van der Waals surface area contributed by atoms with Crippen molar-refractivity contribution in [1.29, 1.82) is 0 Å². The number of hydrogen-bond acceptors (Lipinski definition) is 2. The van der Waals surface area contributed by atoms with Gasteiger partial charge in [0.05, 0.1) is 5.92 Å². The van der Waals surface area contributed by atoms with E-state index < -0.39 is 0 Å². The largest absolute Gasteiger partial charge is 0.462 e. The Kier molecular flexibility index (Phi) is 9.81. The molecular formula is C24H38O2. The molecule has 146 valence electrons. The van der Waals surface area contributed by atoms with Crippen LogP contribution in [0.2, 0.25) is 0 Å². The van der Waals surface area contributed by atoms with E-state index in [0.717, 1.165) is 25.7 Å². The lowest BCUT2D eigenvalue weighted by molar-refractivity contribution is -0.151. The third-order valence-electron chi connectivity index (χ3n) is 5.61. The van der Waals surface area contributed by atoms with E-state index in [0.29, 0.717) is 5.92 Å². The highest BCUT2D eigenvalue weighted by molar-refractivity contribution is 5.77. The first-order valence-electron chi connectivity index (χ1n) is 11.0. The molecule has 0 amide bonds. The van der Waals surface area contributed by atoms with Crippen molar-refractivity contribution in [2.24, 2.45) is 5.92 Å². The van der Waals surface area contributed by atoms with Crippen LogP contribution in [-0.4, -0.2) is 12.1 Å². The highest BCUT2D eigenvalue weighted by Crippen LogP contribution is 2.48. The van der Waals surface area contributed by atoms with E-state index in [1.165, 1.54) is 56.9 Å². The van der Waals surface area contributed by atoms with Gasteiger partial charge in [0.1, 0.15) is 6.10 Å². The molecule has 2 rings (SSSR count). The minimum Gasteiger partial charge on any atom is -0.462 e. The van der Waals surface area contributed by atoms with Gasteiger partial charge in [0.25, 0.3) is 0 Å². The van der Waals surface area contributed by atoms with Crippen LogP contribution in [0.5, 0.6) is 0 Å². The monoisotopic (exact) mass is 358 g/mol. The Labute approximate surface area is 160 Å². The Morgan fingerprint density at radius 2 is 1.54 bits per heavy atom. The second-order valence-electron chi connectivity index (χ2n) is 7.97. The van der Waals surface area contributed by atoms with Gasteiger partial charge in [0.15, 0.2) is 0 Å². The van der Waals surface area contributed by atoms with Crippen molar-refractivity contribution in [3.05, 3.63) is 35.9 Å². The van der Waals surface area contributed by atoms with Gasteiger partial charge in [-0.15, -0.1) is 0 Å².